The zero-order chi connectivity index (χ0) is 23.5. The van der Waals surface area contributed by atoms with Crippen molar-refractivity contribution < 1.29 is 19.0 Å². The minimum absolute atomic E-state index is 0.0435. The fourth-order valence-corrected chi connectivity index (χ4v) is 3.58. The normalized spacial score (nSPS) is 12.2. The SMILES string of the molecule is O=c1[nH]c(Cc2ccc(-c3cc(F)cc(F)c3)nc2)nc2c(NC[C@H](O)CO)cc(Cl)cc12. The second-order valence-corrected chi connectivity index (χ2v) is 7.90. The summed E-state index contributed by atoms with van der Waals surface area (Å²) in [5, 5.41) is 22.2. The molecule has 10 heteroatoms. The molecule has 0 fully saturated rings. The average Bonchev–Trinajstić information content (AvgIpc) is 2.77. The van der Waals surface area contributed by atoms with Crippen LogP contribution in [0.4, 0.5) is 14.5 Å². The molecule has 1 atom stereocenters. The Morgan fingerprint density at radius 3 is 2.55 bits per heavy atom. The number of aromatic amines is 1. The minimum Gasteiger partial charge on any atom is -0.394 e. The van der Waals surface area contributed by atoms with Gasteiger partial charge in [-0.2, -0.15) is 0 Å². The Kier molecular flexibility index (Phi) is 6.64. The number of aliphatic hydroxyl groups excluding tert-OH is 2. The van der Waals surface area contributed by atoms with Crippen molar-refractivity contribution in [2.24, 2.45) is 0 Å². The lowest BCUT2D eigenvalue weighted by atomic mass is 10.1. The summed E-state index contributed by atoms with van der Waals surface area (Å²) >= 11 is 6.11. The molecule has 7 nitrogen and oxygen atoms in total. The summed E-state index contributed by atoms with van der Waals surface area (Å²) in [4.78, 5) is 24.2. The molecule has 0 aliphatic rings. The number of hydrogen-bond acceptors (Lipinski definition) is 6. The van der Waals surface area contributed by atoms with Gasteiger partial charge in [-0.1, -0.05) is 17.7 Å². The van der Waals surface area contributed by atoms with E-state index < -0.39 is 24.3 Å². The lowest BCUT2D eigenvalue weighted by molar-refractivity contribution is 0.105. The van der Waals surface area contributed by atoms with Gasteiger partial charge in [0.15, 0.2) is 0 Å². The Morgan fingerprint density at radius 1 is 1.12 bits per heavy atom. The van der Waals surface area contributed by atoms with E-state index in [0.29, 0.717) is 33.3 Å². The fourth-order valence-electron chi connectivity index (χ4n) is 3.36. The van der Waals surface area contributed by atoms with Gasteiger partial charge in [0.1, 0.15) is 23.0 Å². The molecule has 2 aromatic carbocycles. The molecule has 0 aliphatic heterocycles. The van der Waals surface area contributed by atoms with Crippen molar-refractivity contribution in [3.05, 3.63) is 87.1 Å². The Labute approximate surface area is 191 Å². The summed E-state index contributed by atoms with van der Waals surface area (Å²) < 4.78 is 26.9. The van der Waals surface area contributed by atoms with E-state index in [0.717, 1.165) is 11.6 Å². The van der Waals surface area contributed by atoms with Gasteiger partial charge < -0.3 is 20.5 Å². The second-order valence-electron chi connectivity index (χ2n) is 7.47. The first-order valence-electron chi connectivity index (χ1n) is 9.99. The molecule has 4 rings (SSSR count). The van der Waals surface area contributed by atoms with Crippen LogP contribution in [0.25, 0.3) is 22.2 Å². The molecule has 0 amide bonds. The van der Waals surface area contributed by atoms with Crippen LogP contribution in [-0.4, -0.2) is 44.4 Å². The largest absolute Gasteiger partial charge is 0.394 e. The number of fused-ring (bicyclic) bond motifs is 1. The number of aromatic nitrogens is 3. The summed E-state index contributed by atoms with van der Waals surface area (Å²) in [6.45, 7) is -0.377. The van der Waals surface area contributed by atoms with Crippen LogP contribution in [0.1, 0.15) is 11.4 Å². The van der Waals surface area contributed by atoms with E-state index in [-0.39, 0.29) is 23.9 Å². The molecule has 33 heavy (non-hydrogen) atoms. The van der Waals surface area contributed by atoms with Crippen LogP contribution < -0.4 is 10.9 Å². The average molecular weight is 473 g/mol. The standard InChI is InChI=1S/C23H19ClF2N4O3/c24-14-6-18-22(20(7-14)28-10-17(32)11-31)29-21(30-23(18)33)3-12-1-2-19(27-9-12)13-4-15(25)8-16(26)5-13/h1-2,4-9,17,28,31-32H,3,10-11H2,(H,29,30,33)/t17-/m0/s1. The number of H-pyrrole nitrogens is 1. The predicted molar refractivity (Wildman–Crippen MR) is 121 cm³/mol. The lowest BCUT2D eigenvalue weighted by Gasteiger charge is -2.13. The van der Waals surface area contributed by atoms with Gasteiger partial charge in [-0.05, 0) is 35.9 Å². The number of nitrogens with one attached hydrogen (secondary N) is 2. The summed E-state index contributed by atoms with van der Waals surface area (Å²) in [6, 6.07) is 9.62. The van der Waals surface area contributed by atoms with Crippen molar-refractivity contribution in [2.75, 3.05) is 18.5 Å². The van der Waals surface area contributed by atoms with Crippen molar-refractivity contribution in [2.45, 2.75) is 12.5 Å². The Morgan fingerprint density at radius 2 is 1.88 bits per heavy atom. The molecule has 0 unspecified atom stereocenters. The van der Waals surface area contributed by atoms with Gasteiger partial charge in [-0.3, -0.25) is 9.78 Å². The minimum atomic E-state index is -0.989. The maximum Gasteiger partial charge on any atom is 0.258 e. The van der Waals surface area contributed by atoms with Crippen molar-refractivity contribution in [1.29, 1.82) is 0 Å². The first-order valence-corrected chi connectivity index (χ1v) is 10.4. The fraction of sp³-hybridized carbons (Fsp3) is 0.174. The van der Waals surface area contributed by atoms with Gasteiger partial charge >= 0.3 is 0 Å². The maximum absolute atomic E-state index is 13.5. The Bertz CT molecular complexity index is 1340. The van der Waals surface area contributed by atoms with Crippen LogP contribution in [0.3, 0.4) is 0 Å². The van der Waals surface area contributed by atoms with Crippen LogP contribution in [0, 0.1) is 11.6 Å². The summed E-state index contributed by atoms with van der Waals surface area (Å²) in [6.07, 6.45) is 0.801. The van der Waals surface area contributed by atoms with E-state index >= 15 is 0 Å². The highest BCUT2D eigenvalue weighted by Gasteiger charge is 2.13. The zero-order valence-corrected chi connectivity index (χ0v) is 17.9. The Hall–Kier alpha value is -3.40. The molecule has 2 aromatic heterocycles. The summed E-state index contributed by atoms with van der Waals surface area (Å²) in [7, 11) is 0. The third-order valence-electron chi connectivity index (χ3n) is 4.92. The topological polar surface area (TPSA) is 111 Å². The van der Waals surface area contributed by atoms with Crippen LogP contribution in [0.15, 0.2) is 53.5 Å². The molecule has 170 valence electrons. The van der Waals surface area contributed by atoms with E-state index in [9.17, 15) is 18.7 Å². The smallest absolute Gasteiger partial charge is 0.258 e. The molecular weight excluding hydrogens is 454 g/mol. The first kappa shape index (κ1) is 22.8. The van der Waals surface area contributed by atoms with Gasteiger partial charge in [0.05, 0.1) is 29.5 Å². The number of anilines is 1. The van der Waals surface area contributed by atoms with E-state index in [1.165, 1.54) is 18.2 Å². The number of pyridine rings is 1. The van der Waals surface area contributed by atoms with E-state index in [4.69, 9.17) is 16.7 Å². The lowest BCUT2D eigenvalue weighted by Crippen LogP contribution is -2.23. The van der Waals surface area contributed by atoms with Gasteiger partial charge in [-0.15, -0.1) is 0 Å². The molecule has 0 saturated carbocycles. The highest BCUT2D eigenvalue weighted by molar-refractivity contribution is 6.31. The van der Waals surface area contributed by atoms with E-state index in [1.54, 1.807) is 24.4 Å². The highest BCUT2D eigenvalue weighted by atomic mass is 35.5. The molecule has 0 bridgehead atoms. The van der Waals surface area contributed by atoms with Crippen LogP contribution in [-0.2, 0) is 6.42 Å². The van der Waals surface area contributed by atoms with Crippen molar-refractivity contribution >= 4 is 28.2 Å². The number of halogens is 3. The maximum atomic E-state index is 13.5. The van der Waals surface area contributed by atoms with E-state index in [1.807, 2.05) is 0 Å². The quantitative estimate of drug-likeness (QED) is 0.328. The molecule has 0 saturated heterocycles. The monoisotopic (exact) mass is 472 g/mol. The highest BCUT2D eigenvalue weighted by Crippen LogP contribution is 2.25. The van der Waals surface area contributed by atoms with Crippen molar-refractivity contribution in [3.63, 3.8) is 0 Å². The van der Waals surface area contributed by atoms with Crippen LogP contribution >= 0.6 is 11.6 Å². The molecule has 0 radical (unpaired) electrons. The van der Waals surface area contributed by atoms with Gasteiger partial charge in [0.25, 0.3) is 5.56 Å². The molecule has 4 N–H and O–H groups in total. The first-order chi connectivity index (χ1) is 15.8. The number of aliphatic hydroxyl groups is 2. The summed E-state index contributed by atoms with van der Waals surface area (Å²) in [5.41, 5.74) is 1.86. The zero-order valence-electron chi connectivity index (χ0n) is 17.1. The Balaban J connectivity index is 1.63. The number of hydrogen-bond donors (Lipinski definition) is 4. The molecular formula is C23H19ClF2N4O3. The molecule has 0 spiro atoms. The van der Waals surface area contributed by atoms with Crippen molar-refractivity contribution in [1.82, 2.24) is 15.0 Å². The third kappa shape index (κ3) is 5.33. The molecule has 2 heterocycles. The molecule has 0 aliphatic carbocycles. The van der Waals surface area contributed by atoms with Gasteiger partial charge in [0, 0.05) is 35.8 Å². The van der Waals surface area contributed by atoms with Crippen LogP contribution in [0.2, 0.25) is 5.02 Å². The number of benzene rings is 2. The predicted octanol–water partition coefficient (Wildman–Crippen LogP) is 3.27. The third-order valence-corrected chi connectivity index (χ3v) is 5.14. The van der Waals surface area contributed by atoms with Gasteiger partial charge in [0.2, 0.25) is 0 Å². The van der Waals surface area contributed by atoms with Crippen LogP contribution in [0.5, 0.6) is 0 Å². The van der Waals surface area contributed by atoms with E-state index in [2.05, 4.69) is 20.3 Å². The number of nitrogens with zero attached hydrogens (tertiary/aromatic N) is 2. The van der Waals surface area contributed by atoms with Crippen molar-refractivity contribution in [3.8, 4) is 11.3 Å². The summed E-state index contributed by atoms with van der Waals surface area (Å²) in [5.74, 6) is -1.01. The molecule has 4 aromatic rings. The number of rotatable bonds is 7. The second kappa shape index (κ2) is 9.62. The van der Waals surface area contributed by atoms with Gasteiger partial charge in [-0.25, -0.2) is 13.8 Å².